The molecule has 4 aromatic rings. The minimum absolute atomic E-state index is 0.0139. The molecule has 6 rings (SSSR count). The van der Waals surface area contributed by atoms with Crippen molar-refractivity contribution < 1.29 is 19.2 Å². The van der Waals surface area contributed by atoms with E-state index in [-0.39, 0.29) is 56.9 Å². The number of hydrogen-bond acceptors (Lipinski definition) is 8. The molecule has 2 aromatic carbocycles. The molecule has 67 heavy (non-hydrogen) atoms. The molecule has 0 aliphatic carbocycles. The van der Waals surface area contributed by atoms with Gasteiger partial charge in [-0.25, -0.2) is 9.36 Å². The van der Waals surface area contributed by atoms with Crippen LogP contribution < -0.4 is 10.2 Å². The summed E-state index contributed by atoms with van der Waals surface area (Å²) in [6.07, 6.45) is 2.38. The van der Waals surface area contributed by atoms with E-state index in [9.17, 15) is 19.2 Å². The van der Waals surface area contributed by atoms with E-state index in [2.05, 4.69) is 93.5 Å². The van der Waals surface area contributed by atoms with E-state index in [1.54, 1.807) is 0 Å². The molecule has 0 radical (unpaired) electrons. The molecule has 4 amide bonds. The Balaban J connectivity index is 0.000000263. The number of likely N-dealkylation sites (tertiary alicyclic amines) is 1. The highest BCUT2D eigenvalue weighted by molar-refractivity contribution is 6.05. The van der Waals surface area contributed by atoms with E-state index < -0.39 is 11.0 Å². The summed E-state index contributed by atoms with van der Waals surface area (Å²) in [5.41, 5.74) is 5.31. The maximum absolute atomic E-state index is 13.4. The smallest absolute Gasteiger partial charge is 0.233 e. The third-order valence-electron chi connectivity index (χ3n) is 11.1. The number of para-hydroxylation sites is 1. The van der Waals surface area contributed by atoms with Crippen LogP contribution >= 0.6 is 0 Å². The van der Waals surface area contributed by atoms with Crippen LogP contribution in [0.2, 0.25) is 0 Å². The predicted molar refractivity (Wildman–Crippen MR) is 272 cm³/mol. The number of aromatic nitrogens is 6. The molecule has 2 aliphatic heterocycles. The van der Waals surface area contributed by atoms with E-state index in [1.807, 2.05) is 161 Å². The van der Waals surface area contributed by atoms with Crippen LogP contribution in [0.3, 0.4) is 0 Å². The molecule has 4 heterocycles. The summed E-state index contributed by atoms with van der Waals surface area (Å²) >= 11 is 0. The lowest BCUT2D eigenvalue weighted by Gasteiger charge is -2.33. The van der Waals surface area contributed by atoms with Gasteiger partial charge in [-0.05, 0) is 93.2 Å². The Morgan fingerprint density at radius 2 is 1.21 bits per heavy atom. The number of carbonyl (C=O) groups excluding carboxylic acids is 4. The van der Waals surface area contributed by atoms with Crippen LogP contribution in [0.1, 0.15) is 183 Å². The Kier molecular flexibility index (Phi) is 16.9. The molecule has 2 aliphatic rings. The van der Waals surface area contributed by atoms with Gasteiger partial charge in [-0.1, -0.05) is 136 Å². The number of nitrogens with one attached hydrogen (secondary N) is 1. The normalized spacial score (nSPS) is 15.7. The highest BCUT2D eigenvalue weighted by atomic mass is 16.2. The molecule has 0 saturated carbocycles. The summed E-state index contributed by atoms with van der Waals surface area (Å²) in [7, 11) is 0. The summed E-state index contributed by atoms with van der Waals surface area (Å²) < 4.78 is 3.89. The van der Waals surface area contributed by atoms with Crippen molar-refractivity contribution in [3.63, 3.8) is 0 Å². The Morgan fingerprint density at radius 1 is 0.672 bits per heavy atom. The predicted octanol–water partition coefficient (Wildman–Crippen LogP) is 11.6. The standard InChI is InChI=1S/C24H28N4O.C12H21NO2.C9H17N3.C9H19NO/c1-23(2,3)22(29)27-15-16-11-7-8-12-17(16)21-20(18-13-9-10-14-19(18)27)25-26-28(21)24(4,5)6;1-11(2,3)8-7-9(14)13(10(8)15)12(4,5)6;1-7(2)12-6-8(10-11-12)9(3,4)5;1-8(2,3)7(11)10-9(4,5)6/h7-14H,15H2,1-6H3;8H,7H2,1-6H3;6-7H,1-5H3;1-6H3,(H,10,11). The van der Waals surface area contributed by atoms with E-state index in [4.69, 9.17) is 0 Å². The van der Waals surface area contributed by atoms with Crippen molar-refractivity contribution in [2.45, 2.75) is 200 Å². The fourth-order valence-corrected chi connectivity index (χ4v) is 7.23. The summed E-state index contributed by atoms with van der Waals surface area (Å²) in [5, 5.41) is 20.2. The second-order valence-corrected chi connectivity index (χ2v) is 25.4. The monoisotopic (exact) mass is 924 g/mol. The third-order valence-corrected chi connectivity index (χ3v) is 11.1. The number of anilines is 1. The van der Waals surface area contributed by atoms with Crippen molar-refractivity contribution in [1.82, 2.24) is 40.2 Å². The molecular weight excluding hydrogens is 839 g/mol. The first-order chi connectivity index (χ1) is 30.2. The zero-order chi connectivity index (χ0) is 51.6. The van der Waals surface area contributed by atoms with Gasteiger partial charge in [0, 0.05) is 57.1 Å². The maximum atomic E-state index is 13.4. The number of carbonyl (C=O) groups is 4. The molecule has 0 bridgehead atoms. The van der Waals surface area contributed by atoms with Crippen molar-refractivity contribution in [1.29, 1.82) is 0 Å². The summed E-state index contributed by atoms with van der Waals surface area (Å²) in [6.45, 7) is 46.8. The van der Waals surface area contributed by atoms with Gasteiger partial charge in [0.2, 0.25) is 23.6 Å². The number of rotatable bonds is 1. The zero-order valence-electron chi connectivity index (χ0n) is 45.5. The number of nitrogens with zero attached hydrogens (tertiary/aromatic N) is 8. The van der Waals surface area contributed by atoms with Gasteiger partial charge in [-0.15, -0.1) is 10.2 Å². The first-order valence-electron chi connectivity index (χ1n) is 23.8. The van der Waals surface area contributed by atoms with Gasteiger partial charge in [-0.2, -0.15) is 0 Å². The molecule has 370 valence electrons. The van der Waals surface area contributed by atoms with Gasteiger partial charge in [0.1, 0.15) is 5.69 Å². The SMILES string of the molecule is CC(C)(C)C(=O)N1Cc2ccccc2-c2c(nnn2C(C)(C)C)-c2ccccc21.CC(C)(C)C1CC(=O)N(C(C)(C)C)C1=O.CC(C)(C)NC(=O)C(C)(C)C.CC(C)n1cc(C(C)(C)C)nn1. The van der Waals surface area contributed by atoms with Crippen molar-refractivity contribution in [2.24, 2.45) is 22.2 Å². The second-order valence-electron chi connectivity index (χ2n) is 25.4. The number of benzene rings is 2. The number of fused-ring (bicyclic) bond motifs is 5. The van der Waals surface area contributed by atoms with Gasteiger partial charge in [0.05, 0.1) is 35.1 Å². The average Bonchev–Trinajstić information content (AvgIpc) is 3.90. The first kappa shape index (κ1) is 56.1. The van der Waals surface area contributed by atoms with E-state index >= 15 is 0 Å². The second kappa shape index (κ2) is 20.2. The van der Waals surface area contributed by atoms with Crippen molar-refractivity contribution in [3.8, 4) is 22.5 Å². The van der Waals surface area contributed by atoms with Crippen molar-refractivity contribution >= 4 is 29.3 Å². The third kappa shape index (κ3) is 14.6. The van der Waals surface area contributed by atoms with Crippen LogP contribution in [0, 0.1) is 22.2 Å². The fraction of sp³-hybridized carbons (Fsp3) is 0.630. The molecule has 13 heteroatoms. The van der Waals surface area contributed by atoms with Crippen LogP contribution in [0.15, 0.2) is 54.7 Å². The average molecular weight is 924 g/mol. The molecular formula is C54H85N9O4. The van der Waals surface area contributed by atoms with Gasteiger partial charge in [0.25, 0.3) is 0 Å². The number of imide groups is 1. The molecule has 1 N–H and O–H groups in total. The van der Waals surface area contributed by atoms with Crippen LogP contribution in [-0.2, 0) is 36.7 Å². The van der Waals surface area contributed by atoms with Crippen LogP contribution in [0.4, 0.5) is 5.69 Å². The molecule has 13 nitrogen and oxygen atoms in total. The van der Waals surface area contributed by atoms with E-state index in [0.717, 1.165) is 39.5 Å². The Bertz CT molecular complexity index is 2360. The first-order valence-corrected chi connectivity index (χ1v) is 23.8. The Hall–Kier alpha value is -5.20. The lowest BCUT2D eigenvalue weighted by molar-refractivity contribution is -0.145. The molecule has 1 fully saturated rings. The highest BCUT2D eigenvalue weighted by Gasteiger charge is 2.48. The molecule has 2 aromatic heterocycles. The molecule has 1 saturated heterocycles. The largest absolute Gasteiger partial charge is 0.351 e. The van der Waals surface area contributed by atoms with Crippen LogP contribution in [0.25, 0.3) is 22.5 Å². The quantitative estimate of drug-likeness (QED) is 0.186. The molecule has 1 atom stereocenters. The van der Waals surface area contributed by atoms with Gasteiger partial charge >= 0.3 is 0 Å². The Morgan fingerprint density at radius 3 is 1.60 bits per heavy atom. The van der Waals surface area contributed by atoms with Gasteiger partial charge in [-0.3, -0.25) is 24.1 Å². The molecule has 0 spiro atoms. The van der Waals surface area contributed by atoms with Gasteiger partial charge < -0.3 is 10.2 Å². The van der Waals surface area contributed by atoms with Crippen molar-refractivity contribution in [3.05, 3.63) is 66.0 Å². The summed E-state index contributed by atoms with van der Waals surface area (Å²) in [5.74, 6) is -0.0203. The highest BCUT2D eigenvalue weighted by Crippen LogP contribution is 2.43. The summed E-state index contributed by atoms with van der Waals surface area (Å²) in [4.78, 5) is 52.0. The topological polar surface area (TPSA) is 148 Å². The zero-order valence-corrected chi connectivity index (χ0v) is 45.5. The number of hydrogen-bond donors (Lipinski definition) is 1. The maximum Gasteiger partial charge on any atom is 0.233 e. The molecule has 1 unspecified atom stereocenters. The summed E-state index contributed by atoms with van der Waals surface area (Å²) in [6, 6.07) is 16.7. The van der Waals surface area contributed by atoms with Crippen LogP contribution in [0.5, 0.6) is 0 Å². The lowest BCUT2D eigenvalue weighted by Crippen LogP contribution is -2.46. The number of amides is 4. The minimum atomic E-state index is -0.493. The van der Waals surface area contributed by atoms with Crippen LogP contribution in [-0.4, -0.2) is 69.6 Å². The van der Waals surface area contributed by atoms with E-state index in [0.29, 0.717) is 19.0 Å². The van der Waals surface area contributed by atoms with Crippen molar-refractivity contribution in [2.75, 3.05) is 4.90 Å². The minimum Gasteiger partial charge on any atom is -0.351 e. The lowest BCUT2D eigenvalue weighted by atomic mass is 9.80. The Labute approximate surface area is 403 Å². The van der Waals surface area contributed by atoms with E-state index in [1.165, 1.54) is 4.90 Å². The van der Waals surface area contributed by atoms with Gasteiger partial charge in [0.15, 0.2) is 0 Å². The fourth-order valence-electron chi connectivity index (χ4n) is 7.23.